The molecule has 2 nitrogen and oxygen atoms in total. The largest absolute Gasteiger partial charge is 0.461 e. The van der Waals surface area contributed by atoms with Gasteiger partial charge < -0.3 is 4.74 Å². The first-order chi connectivity index (χ1) is 9.13. The van der Waals surface area contributed by atoms with Gasteiger partial charge in [-0.3, -0.25) is 4.79 Å². The van der Waals surface area contributed by atoms with Crippen molar-refractivity contribution in [3.8, 4) is 0 Å². The Morgan fingerprint density at radius 2 is 1.33 bits per heavy atom. The van der Waals surface area contributed by atoms with Crippen LogP contribution in [0.15, 0.2) is 0 Å². The molecule has 0 aliphatic carbocycles. The fourth-order valence-corrected chi connectivity index (χ4v) is 3.07. The molecule has 21 heavy (non-hydrogen) atoms. The summed E-state index contributed by atoms with van der Waals surface area (Å²) in [4.78, 5) is 13.0. The molecule has 0 amide bonds. The molecule has 0 aromatic carbocycles. The predicted octanol–water partition coefficient (Wildman–Crippen LogP) is 5.70. The third-order valence-corrected chi connectivity index (χ3v) is 4.62. The van der Waals surface area contributed by atoms with Gasteiger partial charge in [0.25, 0.3) is 0 Å². The first-order valence-electron chi connectivity index (χ1n) is 8.34. The Morgan fingerprint density at radius 1 is 0.905 bits per heavy atom. The van der Waals surface area contributed by atoms with E-state index in [1.54, 1.807) is 0 Å². The van der Waals surface area contributed by atoms with Crippen molar-refractivity contribution < 1.29 is 9.53 Å². The van der Waals surface area contributed by atoms with Crippen molar-refractivity contribution in [2.45, 2.75) is 88.7 Å². The van der Waals surface area contributed by atoms with Crippen LogP contribution in [-0.2, 0) is 9.53 Å². The van der Waals surface area contributed by atoms with Crippen LogP contribution >= 0.6 is 0 Å². The summed E-state index contributed by atoms with van der Waals surface area (Å²) in [6.07, 6.45) is 0.795. The summed E-state index contributed by atoms with van der Waals surface area (Å²) in [7, 11) is 0. The summed E-state index contributed by atoms with van der Waals surface area (Å²) >= 11 is 0. The van der Waals surface area contributed by atoms with E-state index in [0.29, 0.717) is 11.8 Å². The molecule has 0 saturated carbocycles. The summed E-state index contributed by atoms with van der Waals surface area (Å²) in [5.41, 5.74) is -0.617. The van der Waals surface area contributed by atoms with Crippen LogP contribution < -0.4 is 0 Å². The second-order valence-corrected chi connectivity index (χ2v) is 9.62. The Hall–Kier alpha value is -0.530. The first-order valence-corrected chi connectivity index (χ1v) is 8.34. The maximum absolute atomic E-state index is 13.0. The van der Waals surface area contributed by atoms with E-state index in [-0.39, 0.29) is 22.9 Å². The molecule has 0 aromatic heterocycles. The number of ether oxygens (including phenoxy) is 1. The monoisotopic (exact) mass is 298 g/mol. The third-order valence-electron chi connectivity index (χ3n) is 4.62. The highest BCUT2D eigenvalue weighted by molar-refractivity contribution is 5.77. The number of carbonyl (C=O) groups excluding carboxylic acids is 1. The highest BCUT2D eigenvalue weighted by Gasteiger charge is 2.47. The van der Waals surface area contributed by atoms with E-state index in [2.05, 4.69) is 76.2 Å². The topological polar surface area (TPSA) is 26.3 Å². The van der Waals surface area contributed by atoms with Crippen LogP contribution in [0.1, 0.15) is 82.6 Å². The van der Waals surface area contributed by atoms with Crippen LogP contribution in [-0.4, -0.2) is 12.1 Å². The summed E-state index contributed by atoms with van der Waals surface area (Å²) < 4.78 is 6.03. The minimum absolute atomic E-state index is 0.0412. The molecular formula is C19H38O2. The number of rotatable bonds is 5. The van der Waals surface area contributed by atoms with Crippen molar-refractivity contribution in [2.24, 2.45) is 28.1 Å². The number of hydrogen-bond donors (Lipinski definition) is 0. The zero-order valence-corrected chi connectivity index (χ0v) is 16.3. The summed E-state index contributed by atoms with van der Waals surface area (Å²) in [5, 5.41) is 0. The number of esters is 1. The quantitative estimate of drug-likeness (QED) is 0.609. The van der Waals surface area contributed by atoms with E-state index < -0.39 is 5.41 Å². The summed E-state index contributed by atoms with van der Waals surface area (Å²) in [6.45, 7) is 23.5. The van der Waals surface area contributed by atoms with Gasteiger partial charge in [0, 0.05) is 0 Å². The standard InChI is InChI=1S/C19H38O2/c1-13(2)12-19(11,18(8,9)10)16(20)21-15(14(3)4)17(5,6)7/h13-15H,12H2,1-11H3. The van der Waals surface area contributed by atoms with Gasteiger partial charge in [-0.15, -0.1) is 0 Å². The highest BCUT2D eigenvalue weighted by atomic mass is 16.5. The molecular weight excluding hydrogens is 260 g/mol. The van der Waals surface area contributed by atoms with Gasteiger partial charge in [0.2, 0.25) is 0 Å². The molecule has 0 aromatic rings. The highest BCUT2D eigenvalue weighted by Crippen LogP contribution is 2.45. The molecule has 0 aliphatic heterocycles. The van der Waals surface area contributed by atoms with Gasteiger partial charge in [0.15, 0.2) is 0 Å². The first kappa shape index (κ1) is 20.5. The molecule has 0 rings (SSSR count). The van der Waals surface area contributed by atoms with Crippen molar-refractivity contribution in [3.63, 3.8) is 0 Å². The molecule has 0 N–H and O–H groups in total. The van der Waals surface area contributed by atoms with Crippen molar-refractivity contribution in [1.82, 2.24) is 0 Å². The smallest absolute Gasteiger partial charge is 0.312 e. The minimum atomic E-state index is -0.459. The van der Waals surface area contributed by atoms with E-state index in [1.165, 1.54) is 0 Å². The average Bonchev–Trinajstić information content (AvgIpc) is 2.20. The van der Waals surface area contributed by atoms with Gasteiger partial charge >= 0.3 is 5.97 Å². The fraction of sp³-hybridized carbons (Fsp3) is 0.947. The molecule has 0 spiro atoms. The summed E-state index contributed by atoms with van der Waals surface area (Å²) in [5.74, 6) is 0.739. The van der Waals surface area contributed by atoms with Crippen LogP contribution in [0.25, 0.3) is 0 Å². The van der Waals surface area contributed by atoms with Crippen LogP contribution in [0.4, 0.5) is 0 Å². The zero-order chi connectivity index (χ0) is 17.2. The fourth-order valence-electron chi connectivity index (χ4n) is 3.07. The maximum atomic E-state index is 13.0. The maximum Gasteiger partial charge on any atom is 0.312 e. The minimum Gasteiger partial charge on any atom is -0.461 e. The Kier molecular flexibility index (Phi) is 6.54. The molecule has 0 fully saturated rings. The van der Waals surface area contributed by atoms with Crippen LogP contribution in [0.2, 0.25) is 0 Å². The van der Waals surface area contributed by atoms with Gasteiger partial charge in [-0.05, 0) is 36.0 Å². The molecule has 0 radical (unpaired) electrons. The molecule has 2 unspecified atom stereocenters. The zero-order valence-electron chi connectivity index (χ0n) is 16.3. The SMILES string of the molecule is CC(C)CC(C)(C(=O)OC(C(C)C)C(C)(C)C)C(C)(C)C. The van der Waals surface area contributed by atoms with Crippen molar-refractivity contribution in [1.29, 1.82) is 0 Å². The molecule has 0 saturated heterocycles. The van der Waals surface area contributed by atoms with Crippen molar-refractivity contribution in [3.05, 3.63) is 0 Å². The second-order valence-electron chi connectivity index (χ2n) is 9.62. The number of hydrogen-bond acceptors (Lipinski definition) is 2. The van der Waals surface area contributed by atoms with Crippen molar-refractivity contribution in [2.75, 3.05) is 0 Å². The molecule has 2 heteroatoms. The predicted molar refractivity (Wildman–Crippen MR) is 91.2 cm³/mol. The van der Waals surface area contributed by atoms with Gasteiger partial charge in [-0.1, -0.05) is 69.2 Å². The van der Waals surface area contributed by atoms with Gasteiger partial charge in [0.1, 0.15) is 6.10 Å². The lowest BCUT2D eigenvalue weighted by Crippen LogP contribution is -2.46. The van der Waals surface area contributed by atoms with E-state index in [4.69, 9.17) is 4.74 Å². The van der Waals surface area contributed by atoms with E-state index in [1.807, 2.05) is 0 Å². The Morgan fingerprint density at radius 3 is 1.57 bits per heavy atom. The van der Waals surface area contributed by atoms with Crippen LogP contribution in [0, 0.1) is 28.1 Å². The Balaban J connectivity index is 5.42. The molecule has 126 valence electrons. The second kappa shape index (κ2) is 6.71. The molecule has 0 bridgehead atoms. The lowest BCUT2D eigenvalue weighted by atomic mass is 9.64. The van der Waals surface area contributed by atoms with E-state index in [0.717, 1.165) is 6.42 Å². The van der Waals surface area contributed by atoms with E-state index >= 15 is 0 Å². The number of carbonyl (C=O) groups is 1. The van der Waals surface area contributed by atoms with Crippen LogP contribution in [0.5, 0.6) is 0 Å². The summed E-state index contributed by atoms with van der Waals surface area (Å²) in [6, 6.07) is 0. The normalized spacial score (nSPS) is 17.8. The van der Waals surface area contributed by atoms with Crippen molar-refractivity contribution >= 4 is 5.97 Å². The van der Waals surface area contributed by atoms with E-state index in [9.17, 15) is 4.79 Å². The third kappa shape index (κ3) is 5.30. The molecule has 0 heterocycles. The lowest BCUT2D eigenvalue weighted by molar-refractivity contribution is -0.178. The van der Waals surface area contributed by atoms with Gasteiger partial charge in [0.05, 0.1) is 5.41 Å². The van der Waals surface area contributed by atoms with Gasteiger partial charge in [-0.25, -0.2) is 0 Å². The Bertz CT molecular complexity index is 342. The van der Waals surface area contributed by atoms with Gasteiger partial charge in [-0.2, -0.15) is 0 Å². The average molecular weight is 299 g/mol. The van der Waals surface area contributed by atoms with Crippen LogP contribution in [0.3, 0.4) is 0 Å². The Labute approximate surface area is 133 Å². The lowest BCUT2D eigenvalue weighted by Gasteiger charge is -2.43. The molecule has 0 aliphatic rings. The molecule has 2 atom stereocenters.